The summed E-state index contributed by atoms with van der Waals surface area (Å²) in [7, 11) is -1.36. The average molecular weight is 933 g/mol. The number of fused-ring (bicyclic) bond motifs is 3. The van der Waals surface area contributed by atoms with Gasteiger partial charge in [0.25, 0.3) is 0 Å². The standard InChI is InChI=1S/C30H28NO.C21H28NSi.Ir/c1-19(2)14-21-12-13-31-27(15-21)24-17-25(22-8-6-5-7-9-22)30-26-16-23(20(3)4)10-11-28(26)32-29(30)18-24;1-23(2,3)21-16-22-20(18-12-8-5-9-13-18)15-19(21)14-17-10-6-4-7-11-17;/h5-13,15-17,19-20H,14H2,1-4H3;5,8-9,12,15-17H,4,6-7,10-11,14H2,1-3H3;/q2*-1;. The van der Waals surface area contributed by atoms with Crippen LogP contribution < -0.4 is 5.19 Å². The molecule has 0 aliphatic heterocycles. The van der Waals surface area contributed by atoms with Crippen LogP contribution in [-0.4, -0.2) is 18.0 Å². The summed E-state index contributed by atoms with van der Waals surface area (Å²) < 4.78 is 6.32. The van der Waals surface area contributed by atoms with Crippen LogP contribution in [0.25, 0.3) is 55.6 Å². The molecule has 0 spiro atoms. The van der Waals surface area contributed by atoms with Crippen molar-refractivity contribution in [3.05, 3.63) is 138 Å². The molecule has 3 nitrogen and oxygen atoms in total. The first kappa shape index (κ1) is 41.5. The van der Waals surface area contributed by atoms with E-state index in [4.69, 9.17) is 9.40 Å². The number of pyridine rings is 2. The van der Waals surface area contributed by atoms with Crippen LogP contribution in [0.2, 0.25) is 19.6 Å². The van der Waals surface area contributed by atoms with E-state index in [2.05, 4.69) is 156 Å². The normalized spacial score (nSPS) is 13.5. The van der Waals surface area contributed by atoms with Crippen molar-refractivity contribution >= 4 is 35.2 Å². The number of benzene rings is 4. The Morgan fingerprint density at radius 3 is 2.23 bits per heavy atom. The van der Waals surface area contributed by atoms with E-state index in [9.17, 15) is 0 Å². The SMILES string of the molecule is CC(C)Cc1ccnc(-c2[c-]c3oc4ccc(C(C)C)cc4c3c(-c3ccccc3)c2)c1.C[Si](C)(C)c1cnc(-c2[c-]cccc2)cc1CC1CCCCC1.[Ir]. The quantitative estimate of drug-likeness (QED) is 0.107. The zero-order chi connectivity index (χ0) is 38.5. The van der Waals surface area contributed by atoms with E-state index >= 15 is 0 Å². The van der Waals surface area contributed by atoms with Crippen LogP contribution in [0.1, 0.15) is 82.4 Å². The van der Waals surface area contributed by atoms with Crippen molar-refractivity contribution in [2.45, 2.75) is 98.2 Å². The molecule has 1 saturated carbocycles. The molecular weight excluding hydrogens is 877 g/mol. The smallest absolute Gasteiger partial charge is 0.123 e. The average Bonchev–Trinajstić information content (AvgIpc) is 3.56. The Bertz CT molecular complexity index is 2350. The first-order valence-corrected chi connectivity index (χ1v) is 23.9. The second kappa shape index (κ2) is 18.4. The van der Waals surface area contributed by atoms with Crippen LogP contribution >= 0.6 is 0 Å². The summed E-state index contributed by atoms with van der Waals surface area (Å²) in [6.45, 7) is 16.2. The molecule has 4 aromatic carbocycles. The van der Waals surface area contributed by atoms with E-state index in [1.165, 1.54) is 55.2 Å². The third-order valence-corrected chi connectivity index (χ3v) is 13.1. The van der Waals surface area contributed by atoms with Crippen molar-refractivity contribution in [2.75, 3.05) is 0 Å². The van der Waals surface area contributed by atoms with E-state index in [1.807, 2.05) is 18.3 Å². The van der Waals surface area contributed by atoms with Crippen LogP contribution in [0, 0.1) is 24.0 Å². The van der Waals surface area contributed by atoms with Crippen molar-refractivity contribution in [1.29, 1.82) is 0 Å². The molecule has 7 aromatic rings. The summed E-state index contributed by atoms with van der Waals surface area (Å²) in [5.74, 6) is 1.93. The molecule has 0 saturated heterocycles. The Labute approximate surface area is 349 Å². The first-order chi connectivity index (χ1) is 26.5. The number of rotatable bonds is 9. The number of nitrogens with zero attached hydrogens (tertiary/aromatic N) is 2. The van der Waals surface area contributed by atoms with Gasteiger partial charge >= 0.3 is 0 Å². The molecule has 5 heteroatoms. The van der Waals surface area contributed by atoms with Gasteiger partial charge < -0.3 is 14.4 Å². The van der Waals surface area contributed by atoms with E-state index in [-0.39, 0.29) is 20.1 Å². The Kier molecular flexibility index (Phi) is 13.6. The Hall–Kier alpha value is -4.15. The molecule has 0 unspecified atom stereocenters. The zero-order valence-corrected chi connectivity index (χ0v) is 37.6. The molecule has 291 valence electrons. The summed E-state index contributed by atoms with van der Waals surface area (Å²) in [5.41, 5.74) is 12.3. The minimum Gasteiger partial charge on any atom is -0.477 e. The second-order valence-corrected chi connectivity index (χ2v) is 22.3. The van der Waals surface area contributed by atoms with Gasteiger partial charge in [-0.3, -0.25) is 0 Å². The molecule has 1 radical (unpaired) electrons. The predicted molar refractivity (Wildman–Crippen MR) is 236 cm³/mol. The Balaban J connectivity index is 0.000000197. The molecular formula is C51H56IrN2OSi-2. The van der Waals surface area contributed by atoms with Crippen LogP contribution in [0.3, 0.4) is 0 Å². The van der Waals surface area contributed by atoms with Gasteiger partial charge in [-0.1, -0.05) is 157 Å². The maximum Gasteiger partial charge on any atom is 0.123 e. The molecule has 1 fully saturated rings. The molecule has 0 atom stereocenters. The molecule has 8 rings (SSSR count). The third kappa shape index (κ3) is 9.86. The van der Waals surface area contributed by atoms with Gasteiger partial charge in [-0.15, -0.1) is 47.5 Å². The van der Waals surface area contributed by atoms with Crippen molar-refractivity contribution in [1.82, 2.24) is 9.97 Å². The maximum atomic E-state index is 6.32. The Morgan fingerprint density at radius 2 is 1.54 bits per heavy atom. The van der Waals surface area contributed by atoms with Crippen LogP contribution in [-0.2, 0) is 32.9 Å². The zero-order valence-electron chi connectivity index (χ0n) is 34.2. The van der Waals surface area contributed by atoms with Crippen molar-refractivity contribution in [2.24, 2.45) is 11.8 Å². The molecule has 3 aromatic heterocycles. The molecule has 0 amide bonds. The molecule has 1 aliphatic carbocycles. The van der Waals surface area contributed by atoms with Crippen molar-refractivity contribution in [3.63, 3.8) is 0 Å². The third-order valence-electron chi connectivity index (χ3n) is 11.0. The fraction of sp³-hybridized carbons (Fsp3) is 0.333. The Morgan fingerprint density at radius 1 is 0.786 bits per heavy atom. The van der Waals surface area contributed by atoms with Gasteiger partial charge in [0.05, 0.1) is 13.7 Å². The van der Waals surface area contributed by atoms with Gasteiger partial charge in [-0.25, -0.2) is 0 Å². The molecule has 3 heterocycles. The summed E-state index contributed by atoms with van der Waals surface area (Å²) in [6.07, 6.45) is 13.4. The van der Waals surface area contributed by atoms with Crippen molar-refractivity contribution < 1.29 is 24.5 Å². The van der Waals surface area contributed by atoms with E-state index in [0.29, 0.717) is 11.8 Å². The maximum absolute atomic E-state index is 6.32. The van der Waals surface area contributed by atoms with Gasteiger partial charge in [0.2, 0.25) is 0 Å². The summed E-state index contributed by atoms with van der Waals surface area (Å²) in [5, 5.41) is 3.81. The van der Waals surface area contributed by atoms with Crippen LogP contribution in [0.15, 0.2) is 114 Å². The molecule has 56 heavy (non-hydrogen) atoms. The fourth-order valence-electron chi connectivity index (χ4n) is 8.15. The molecule has 0 N–H and O–H groups in total. The minimum absolute atomic E-state index is 0. The minimum atomic E-state index is -1.36. The largest absolute Gasteiger partial charge is 0.477 e. The van der Waals surface area contributed by atoms with Gasteiger partial charge in [-0.2, -0.15) is 0 Å². The number of aromatic nitrogens is 2. The van der Waals surface area contributed by atoms with Gasteiger partial charge in [0.1, 0.15) is 5.58 Å². The predicted octanol–water partition coefficient (Wildman–Crippen LogP) is 13.7. The monoisotopic (exact) mass is 933 g/mol. The van der Waals surface area contributed by atoms with E-state index in [1.54, 1.807) is 10.8 Å². The van der Waals surface area contributed by atoms with E-state index < -0.39 is 8.07 Å². The summed E-state index contributed by atoms with van der Waals surface area (Å²) in [4.78, 5) is 9.45. The first-order valence-electron chi connectivity index (χ1n) is 20.4. The van der Waals surface area contributed by atoms with E-state index in [0.717, 1.165) is 62.4 Å². The number of hydrogen-bond donors (Lipinski definition) is 0. The number of hydrogen-bond acceptors (Lipinski definition) is 3. The van der Waals surface area contributed by atoms with Crippen molar-refractivity contribution in [3.8, 4) is 33.6 Å². The van der Waals surface area contributed by atoms with Gasteiger partial charge in [0.15, 0.2) is 0 Å². The fourth-order valence-corrected chi connectivity index (χ4v) is 9.74. The second-order valence-electron chi connectivity index (χ2n) is 17.3. The summed E-state index contributed by atoms with van der Waals surface area (Å²) in [6, 6.07) is 41.0. The molecule has 1 aliphatic rings. The number of furan rings is 1. The topological polar surface area (TPSA) is 38.9 Å². The molecule has 0 bridgehead atoms. The summed E-state index contributed by atoms with van der Waals surface area (Å²) >= 11 is 0. The van der Waals surface area contributed by atoms with Crippen LogP contribution in [0.4, 0.5) is 0 Å². The van der Waals surface area contributed by atoms with Gasteiger partial charge in [-0.05, 0) is 81.2 Å². The van der Waals surface area contributed by atoms with Gasteiger partial charge in [0, 0.05) is 32.5 Å². The van der Waals surface area contributed by atoms with Crippen LogP contribution in [0.5, 0.6) is 0 Å².